The minimum Gasteiger partial charge on any atom is -0.352 e. The van der Waals surface area contributed by atoms with Crippen molar-refractivity contribution < 1.29 is 14.3 Å². The van der Waals surface area contributed by atoms with Gasteiger partial charge in [-0.3, -0.25) is 4.79 Å². The van der Waals surface area contributed by atoms with Crippen molar-refractivity contribution in [3.8, 4) is 0 Å². The van der Waals surface area contributed by atoms with Gasteiger partial charge in [0.1, 0.15) is 0 Å². The first-order chi connectivity index (χ1) is 10.8. The van der Waals surface area contributed by atoms with Crippen molar-refractivity contribution in [3.63, 3.8) is 0 Å². The third kappa shape index (κ3) is 3.96. The molecule has 2 heterocycles. The van der Waals surface area contributed by atoms with Crippen molar-refractivity contribution in [1.82, 2.24) is 4.90 Å². The zero-order chi connectivity index (χ0) is 15.2. The van der Waals surface area contributed by atoms with E-state index in [1.807, 2.05) is 23.1 Å². The van der Waals surface area contributed by atoms with Gasteiger partial charge < -0.3 is 14.4 Å². The highest BCUT2D eigenvalue weighted by Crippen LogP contribution is 2.22. The Morgan fingerprint density at radius 2 is 1.95 bits per heavy atom. The predicted octanol–water partition coefficient (Wildman–Crippen LogP) is 2.84. The van der Waals surface area contributed by atoms with E-state index in [0.29, 0.717) is 19.6 Å². The molecule has 1 amide bonds. The predicted molar refractivity (Wildman–Crippen MR) is 85.1 cm³/mol. The zero-order valence-corrected chi connectivity index (χ0v) is 12.8. The highest BCUT2D eigenvalue weighted by molar-refractivity contribution is 5.77. The minimum absolute atomic E-state index is 0.132. The van der Waals surface area contributed by atoms with Gasteiger partial charge in [0.25, 0.3) is 0 Å². The fourth-order valence-corrected chi connectivity index (χ4v) is 3.00. The summed E-state index contributed by atoms with van der Waals surface area (Å²) in [5, 5.41) is 0. The van der Waals surface area contributed by atoms with Crippen molar-refractivity contribution in [3.05, 3.63) is 42.0 Å². The summed E-state index contributed by atoms with van der Waals surface area (Å²) in [4.78, 5) is 14.4. The molecule has 2 aliphatic heterocycles. The van der Waals surface area contributed by atoms with E-state index < -0.39 is 0 Å². The van der Waals surface area contributed by atoms with Crippen LogP contribution in [0.15, 0.2) is 36.4 Å². The molecule has 1 aromatic rings. The number of hydrogen-bond donors (Lipinski definition) is 0. The SMILES string of the molecule is O=C(CC1OCCCO1)N1CCC[C@H]1/C=C/c1ccccc1. The molecule has 0 N–H and O–H groups in total. The first kappa shape index (κ1) is 15.3. The molecule has 2 aliphatic rings. The molecular formula is C18H23NO3. The van der Waals surface area contributed by atoms with E-state index in [1.165, 1.54) is 5.56 Å². The number of carbonyl (C=O) groups is 1. The average molecular weight is 301 g/mol. The van der Waals surface area contributed by atoms with E-state index in [1.54, 1.807) is 0 Å². The zero-order valence-electron chi connectivity index (χ0n) is 12.8. The topological polar surface area (TPSA) is 38.8 Å². The molecule has 118 valence electrons. The van der Waals surface area contributed by atoms with Crippen LogP contribution < -0.4 is 0 Å². The Morgan fingerprint density at radius 3 is 2.73 bits per heavy atom. The normalized spacial score (nSPS) is 23.3. The molecule has 4 heteroatoms. The fraction of sp³-hybridized carbons (Fsp3) is 0.500. The van der Waals surface area contributed by atoms with Crippen molar-refractivity contribution in [2.45, 2.75) is 38.0 Å². The van der Waals surface area contributed by atoms with Gasteiger partial charge in [-0.1, -0.05) is 42.5 Å². The van der Waals surface area contributed by atoms with Crippen LogP contribution in [0.5, 0.6) is 0 Å². The van der Waals surface area contributed by atoms with Crippen LogP contribution in [0, 0.1) is 0 Å². The second-order valence-corrected chi connectivity index (χ2v) is 5.80. The molecule has 0 aromatic heterocycles. The monoisotopic (exact) mass is 301 g/mol. The first-order valence-corrected chi connectivity index (χ1v) is 8.09. The molecule has 1 aromatic carbocycles. The molecule has 0 aliphatic carbocycles. The lowest BCUT2D eigenvalue weighted by molar-refractivity contribution is -0.187. The Balaban J connectivity index is 1.57. The third-order valence-electron chi connectivity index (χ3n) is 4.17. The number of carbonyl (C=O) groups excluding carboxylic acids is 1. The van der Waals surface area contributed by atoms with Crippen LogP contribution in [0.25, 0.3) is 6.08 Å². The molecule has 0 bridgehead atoms. The lowest BCUT2D eigenvalue weighted by Crippen LogP contribution is -2.38. The van der Waals surface area contributed by atoms with Gasteiger partial charge in [0.2, 0.25) is 5.91 Å². The maximum atomic E-state index is 12.5. The van der Waals surface area contributed by atoms with Crippen molar-refractivity contribution in [2.75, 3.05) is 19.8 Å². The summed E-state index contributed by atoms with van der Waals surface area (Å²) in [5.74, 6) is 0.132. The summed E-state index contributed by atoms with van der Waals surface area (Å²) >= 11 is 0. The molecular weight excluding hydrogens is 278 g/mol. The van der Waals surface area contributed by atoms with Gasteiger partial charge in [-0.25, -0.2) is 0 Å². The number of nitrogens with zero attached hydrogens (tertiary/aromatic N) is 1. The number of amides is 1. The van der Waals surface area contributed by atoms with Crippen LogP contribution in [-0.2, 0) is 14.3 Å². The highest BCUT2D eigenvalue weighted by atomic mass is 16.7. The number of ether oxygens (including phenoxy) is 2. The molecule has 0 radical (unpaired) electrons. The molecule has 0 saturated carbocycles. The van der Waals surface area contributed by atoms with Gasteiger partial charge in [-0.05, 0) is 24.8 Å². The summed E-state index contributed by atoms with van der Waals surface area (Å²) in [6.45, 7) is 2.21. The van der Waals surface area contributed by atoms with Crippen LogP contribution >= 0.6 is 0 Å². The number of hydrogen-bond acceptors (Lipinski definition) is 3. The second kappa shape index (κ2) is 7.56. The van der Waals surface area contributed by atoms with E-state index in [4.69, 9.17) is 9.47 Å². The van der Waals surface area contributed by atoms with E-state index in [-0.39, 0.29) is 18.2 Å². The lowest BCUT2D eigenvalue weighted by Gasteiger charge is -2.27. The van der Waals surface area contributed by atoms with Gasteiger partial charge in [-0.2, -0.15) is 0 Å². The van der Waals surface area contributed by atoms with Crippen LogP contribution in [0.3, 0.4) is 0 Å². The Morgan fingerprint density at radius 1 is 1.18 bits per heavy atom. The Hall–Kier alpha value is -1.65. The van der Waals surface area contributed by atoms with Gasteiger partial charge in [0, 0.05) is 6.54 Å². The van der Waals surface area contributed by atoms with E-state index in [0.717, 1.165) is 25.8 Å². The van der Waals surface area contributed by atoms with E-state index >= 15 is 0 Å². The fourth-order valence-electron chi connectivity index (χ4n) is 3.00. The first-order valence-electron chi connectivity index (χ1n) is 8.09. The van der Waals surface area contributed by atoms with Crippen molar-refractivity contribution in [1.29, 1.82) is 0 Å². The third-order valence-corrected chi connectivity index (χ3v) is 4.17. The Labute approximate surface area is 131 Å². The summed E-state index contributed by atoms with van der Waals surface area (Å²) in [7, 11) is 0. The maximum absolute atomic E-state index is 12.5. The van der Waals surface area contributed by atoms with E-state index in [2.05, 4.69) is 24.3 Å². The van der Waals surface area contributed by atoms with Crippen molar-refractivity contribution in [2.24, 2.45) is 0 Å². The Bertz CT molecular complexity index is 508. The molecule has 2 saturated heterocycles. The summed E-state index contributed by atoms with van der Waals surface area (Å²) in [5.41, 5.74) is 1.17. The molecule has 0 unspecified atom stereocenters. The molecule has 2 fully saturated rings. The summed E-state index contributed by atoms with van der Waals surface area (Å²) in [6.07, 6.45) is 7.21. The Kier molecular flexibility index (Phi) is 5.24. The lowest BCUT2D eigenvalue weighted by atomic mass is 10.1. The molecule has 1 atom stereocenters. The standard InChI is InChI=1S/C18H23NO3/c20-17(14-18-21-12-5-13-22-18)19-11-4-8-16(19)10-9-15-6-2-1-3-7-15/h1-3,6-7,9-10,16,18H,4-5,8,11-14H2/b10-9+/t16-/m0/s1. The van der Waals surface area contributed by atoms with E-state index in [9.17, 15) is 4.79 Å². The van der Waals surface area contributed by atoms with Gasteiger partial charge in [-0.15, -0.1) is 0 Å². The maximum Gasteiger partial charge on any atom is 0.228 e. The van der Waals surface area contributed by atoms with Gasteiger partial charge in [0.05, 0.1) is 25.7 Å². The second-order valence-electron chi connectivity index (χ2n) is 5.80. The summed E-state index contributed by atoms with van der Waals surface area (Å²) in [6, 6.07) is 10.4. The van der Waals surface area contributed by atoms with Crippen LogP contribution in [-0.4, -0.2) is 42.9 Å². The van der Waals surface area contributed by atoms with Crippen LogP contribution in [0.2, 0.25) is 0 Å². The van der Waals surface area contributed by atoms with Gasteiger partial charge >= 0.3 is 0 Å². The smallest absolute Gasteiger partial charge is 0.228 e. The summed E-state index contributed by atoms with van der Waals surface area (Å²) < 4.78 is 11.0. The number of rotatable bonds is 4. The average Bonchev–Trinajstić information content (AvgIpc) is 3.03. The van der Waals surface area contributed by atoms with Gasteiger partial charge in [0.15, 0.2) is 6.29 Å². The minimum atomic E-state index is -0.361. The molecule has 4 nitrogen and oxygen atoms in total. The largest absolute Gasteiger partial charge is 0.352 e. The van der Waals surface area contributed by atoms with Crippen LogP contribution in [0.4, 0.5) is 0 Å². The highest BCUT2D eigenvalue weighted by Gasteiger charge is 2.29. The van der Waals surface area contributed by atoms with Crippen molar-refractivity contribution >= 4 is 12.0 Å². The quantitative estimate of drug-likeness (QED) is 0.858. The number of benzene rings is 1. The molecule has 3 rings (SSSR count). The molecule has 22 heavy (non-hydrogen) atoms. The van der Waals surface area contributed by atoms with Crippen LogP contribution in [0.1, 0.15) is 31.2 Å². The number of likely N-dealkylation sites (tertiary alicyclic amines) is 1. The molecule has 0 spiro atoms.